The molecular formula is C9H14N4OS. The zero-order chi connectivity index (χ0) is 11.1. The van der Waals surface area contributed by atoms with Gasteiger partial charge in [0.15, 0.2) is 0 Å². The van der Waals surface area contributed by atoms with Crippen LogP contribution in [0, 0.1) is 12.8 Å². The van der Waals surface area contributed by atoms with Gasteiger partial charge < -0.3 is 5.73 Å². The van der Waals surface area contributed by atoms with E-state index in [0.717, 1.165) is 12.8 Å². The highest BCUT2D eigenvalue weighted by molar-refractivity contribution is 7.09. The summed E-state index contributed by atoms with van der Waals surface area (Å²) in [5, 5.41) is 3.23. The number of amides is 1. The lowest BCUT2D eigenvalue weighted by molar-refractivity contribution is -0.121. The molecule has 0 aliphatic heterocycles. The Morgan fingerprint density at radius 1 is 1.67 bits per heavy atom. The highest BCUT2D eigenvalue weighted by Gasteiger charge is 2.44. The van der Waals surface area contributed by atoms with Crippen LogP contribution in [0.2, 0.25) is 0 Å². The Balaban J connectivity index is 2.03. The molecule has 82 valence electrons. The number of nitrogens with two attached hydrogens (primary N) is 1. The molecule has 0 radical (unpaired) electrons. The van der Waals surface area contributed by atoms with Crippen LogP contribution in [0.25, 0.3) is 0 Å². The number of nitrogens with one attached hydrogen (secondary N) is 1. The summed E-state index contributed by atoms with van der Waals surface area (Å²) in [6.07, 6.45) is 2.07. The van der Waals surface area contributed by atoms with Crippen molar-refractivity contribution in [3.05, 3.63) is 5.82 Å². The van der Waals surface area contributed by atoms with Gasteiger partial charge in [0.2, 0.25) is 11.0 Å². The van der Waals surface area contributed by atoms with Crippen LogP contribution < -0.4 is 11.1 Å². The first kappa shape index (κ1) is 10.5. The highest BCUT2D eigenvalue weighted by Crippen LogP contribution is 2.38. The second-order valence-corrected chi connectivity index (χ2v) is 4.91. The second-order valence-electron chi connectivity index (χ2n) is 4.16. The van der Waals surface area contributed by atoms with Crippen LogP contribution in [-0.4, -0.2) is 20.8 Å². The van der Waals surface area contributed by atoms with Crippen LogP contribution >= 0.6 is 11.5 Å². The van der Waals surface area contributed by atoms with Gasteiger partial charge in [0.1, 0.15) is 5.82 Å². The minimum absolute atomic E-state index is 0.166. The SMILES string of the molecule is Cc1nsc(NC(=O)C(C)(N)C2CC2)n1. The Morgan fingerprint density at radius 3 is 2.80 bits per heavy atom. The predicted octanol–water partition coefficient (Wildman–Crippen LogP) is 0.912. The Hall–Kier alpha value is -1.01. The first-order valence-corrected chi connectivity index (χ1v) is 5.68. The van der Waals surface area contributed by atoms with Gasteiger partial charge in [0, 0.05) is 11.5 Å². The molecule has 1 unspecified atom stereocenters. The van der Waals surface area contributed by atoms with E-state index in [-0.39, 0.29) is 5.91 Å². The Labute approximate surface area is 92.3 Å². The van der Waals surface area contributed by atoms with E-state index in [1.165, 1.54) is 11.5 Å². The largest absolute Gasteiger partial charge is 0.317 e. The zero-order valence-corrected chi connectivity index (χ0v) is 9.60. The maximum atomic E-state index is 11.8. The maximum absolute atomic E-state index is 11.8. The van der Waals surface area contributed by atoms with E-state index >= 15 is 0 Å². The fraction of sp³-hybridized carbons (Fsp3) is 0.667. The number of rotatable bonds is 3. The number of carbonyl (C=O) groups excluding carboxylic acids is 1. The minimum Gasteiger partial charge on any atom is -0.317 e. The topological polar surface area (TPSA) is 80.9 Å². The molecule has 1 aliphatic rings. The third-order valence-corrected chi connectivity index (χ3v) is 3.38. The number of aromatic nitrogens is 2. The second kappa shape index (κ2) is 3.53. The normalized spacial score (nSPS) is 19.7. The van der Waals surface area contributed by atoms with Gasteiger partial charge in [-0.25, -0.2) is 4.98 Å². The van der Waals surface area contributed by atoms with Crippen molar-refractivity contribution < 1.29 is 4.79 Å². The minimum atomic E-state index is -0.778. The van der Waals surface area contributed by atoms with E-state index in [1.54, 1.807) is 13.8 Å². The van der Waals surface area contributed by atoms with E-state index in [0.29, 0.717) is 16.9 Å². The molecule has 1 fully saturated rings. The van der Waals surface area contributed by atoms with Crippen LogP contribution in [0.1, 0.15) is 25.6 Å². The van der Waals surface area contributed by atoms with Gasteiger partial charge in [0.05, 0.1) is 5.54 Å². The standard InChI is InChI=1S/C9H14N4OS/c1-5-11-8(15-13-5)12-7(14)9(2,10)6-3-4-6/h6H,3-4,10H2,1-2H3,(H,11,12,13,14). The fourth-order valence-corrected chi connectivity index (χ4v) is 2.02. The average Bonchev–Trinajstić information content (AvgIpc) is 2.92. The third-order valence-electron chi connectivity index (χ3n) is 2.66. The lowest BCUT2D eigenvalue weighted by atomic mass is 9.96. The average molecular weight is 226 g/mol. The third kappa shape index (κ3) is 2.15. The molecule has 0 bridgehead atoms. The Morgan fingerprint density at radius 2 is 2.33 bits per heavy atom. The van der Waals surface area contributed by atoms with Crippen molar-refractivity contribution in [2.24, 2.45) is 11.7 Å². The summed E-state index contributed by atoms with van der Waals surface area (Å²) in [6, 6.07) is 0. The maximum Gasteiger partial charge on any atom is 0.246 e. The smallest absolute Gasteiger partial charge is 0.246 e. The molecule has 5 nitrogen and oxygen atoms in total. The lowest BCUT2D eigenvalue weighted by Gasteiger charge is -2.21. The van der Waals surface area contributed by atoms with Gasteiger partial charge in [-0.3, -0.25) is 10.1 Å². The van der Waals surface area contributed by atoms with Crippen molar-refractivity contribution in [3.8, 4) is 0 Å². The van der Waals surface area contributed by atoms with Gasteiger partial charge in [-0.2, -0.15) is 4.37 Å². The van der Waals surface area contributed by atoms with E-state index in [9.17, 15) is 4.79 Å². The summed E-state index contributed by atoms with van der Waals surface area (Å²) in [7, 11) is 0. The number of hydrogen-bond acceptors (Lipinski definition) is 5. The van der Waals surface area contributed by atoms with Crippen LogP contribution in [0.15, 0.2) is 0 Å². The molecular weight excluding hydrogens is 212 g/mol. The highest BCUT2D eigenvalue weighted by atomic mass is 32.1. The summed E-state index contributed by atoms with van der Waals surface area (Å²) in [6.45, 7) is 3.56. The molecule has 6 heteroatoms. The number of nitrogens with zero attached hydrogens (tertiary/aromatic N) is 2. The van der Waals surface area contributed by atoms with Gasteiger partial charge >= 0.3 is 0 Å². The fourth-order valence-electron chi connectivity index (χ4n) is 1.45. The quantitative estimate of drug-likeness (QED) is 0.802. The molecule has 1 aromatic heterocycles. The van der Waals surface area contributed by atoms with E-state index in [4.69, 9.17) is 5.73 Å². The van der Waals surface area contributed by atoms with Crippen LogP contribution in [-0.2, 0) is 4.79 Å². The summed E-state index contributed by atoms with van der Waals surface area (Å²) < 4.78 is 3.99. The number of anilines is 1. The molecule has 0 aromatic carbocycles. The van der Waals surface area contributed by atoms with Gasteiger partial charge in [-0.05, 0) is 32.6 Å². The molecule has 0 spiro atoms. The summed E-state index contributed by atoms with van der Waals surface area (Å²) in [4.78, 5) is 15.9. The van der Waals surface area contributed by atoms with E-state index < -0.39 is 5.54 Å². The van der Waals surface area contributed by atoms with E-state index in [2.05, 4.69) is 14.7 Å². The van der Waals surface area contributed by atoms with Crippen molar-refractivity contribution in [2.45, 2.75) is 32.2 Å². The number of hydrogen-bond donors (Lipinski definition) is 2. The lowest BCUT2D eigenvalue weighted by Crippen LogP contribution is -2.50. The summed E-state index contributed by atoms with van der Waals surface area (Å²) >= 11 is 1.18. The van der Waals surface area contributed by atoms with Crippen molar-refractivity contribution >= 4 is 22.6 Å². The molecule has 1 aromatic rings. The molecule has 0 saturated heterocycles. The summed E-state index contributed by atoms with van der Waals surface area (Å²) in [5.41, 5.74) is 5.19. The van der Waals surface area contributed by atoms with Gasteiger partial charge in [-0.1, -0.05) is 0 Å². The van der Waals surface area contributed by atoms with Crippen LogP contribution in [0.5, 0.6) is 0 Å². The summed E-state index contributed by atoms with van der Waals surface area (Å²) in [5.74, 6) is 0.813. The van der Waals surface area contributed by atoms with E-state index in [1.807, 2.05) is 0 Å². The van der Waals surface area contributed by atoms with Crippen molar-refractivity contribution in [3.63, 3.8) is 0 Å². The molecule has 1 atom stereocenters. The molecule has 15 heavy (non-hydrogen) atoms. The Kier molecular flexibility index (Phi) is 2.47. The molecule has 1 heterocycles. The first-order valence-electron chi connectivity index (χ1n) is 4.91. The Bertz CT molecular complexity index is 383. The van der Waals surface area contributed by atoms with Crippen molar-refractivity contribution in [1.29, 1.82) is 0 Å². The first-order chi connectivity index (χ1) is 7.00. The van der Waals surface area contributed by atoms with Gasteiger partial charge in [-0.15, -0.1) is 0 Å². The van der Waals surface area contributed by atoms with Crippen molar-refractivity contribution in [1.82, 2.24) is 9.36 Å². The predicted molar refractivity (Wildman–Crippen MR) is 58.6 cm³/mol. The molecule has 3 N–H and O–H groups in total. The zero-order valence-electron chi connectivity index (χ0n) is 8.78. The van der Waals surface area contributed by atoms with Gasteiger partial charge in [0.25, 0.3) is 0 Å². The molecule has 1 aliphatic carbocycles. The monoisotopic (exact) mass is 226 g/mol. The molecule has 1 amide bonds. The number of carbonyl (C=O) groups is 1. The van der Waals surface area contributed by atoms with Crippen LogP contribution in [0.3, 0.4) is 0 Å². The number of aryl methyl sites for hydroxylation is 1. The van der Waals surface area contributed by atoms with Crippen LogP contribution in [0.4, 0.5) is 5.13 Å². The molecule has 1 saturated carbocycles. The van der Waals surface area contributed by atoms with Crippen molar-refractivity contribution in [2.75, 3.05) is 5.32 Å². The molecule has 2 rings (SSSR count).